The largest absolute Gasteiger partial charge is 0.334 e. The molecule has 1 aromatic rings. The van der Waals surface area contributed by atoms with Gasteiger partial charge in [0.15, 0.2) is 0 Å². The van der Waals surface area contributed by atoms with Crippen LogP contribution in [0.5, 0.6) is 0 Å². The number of nitrogens with two attached hydrogens (primary N) is 1. The summed E-state index contributed by atoms with van der Waals surface area (Å²) in [6, 6.07) is 8.11. The molecule has 1 aromatic carbocycles. The van der Waals surface area contributed by atoms with Gasteiger partial charge in [0.1, 0.15) is 0 Å². The summed E-state index contributed by atoms with van der Waals surface area (Å²) in [6.45, 7) is 3.54. The van der Waals surface area contributed by atoms with Gasteiger partial charge in [-0.3, -0.25) is 4.79 Å². The predicted octanol–water partition coefficient (Wildman–Crippen LogP) is 2.20. The van der Waals surface area contributed by atoms with Crippen LogP contribution in [0.4, 0.5) is 0 Å². The molecule has 0 saturated heterocycles. The first-order valence-corrected chi connectivity index (χ1v) is 6.86. The van der Waals surface area contributed by atoms with Crippen LogP contribution in [-0.4, -0.2) is 29.9 Å². The van der Waals surface area contributed by atoms with Crippen molar-refractivity contribution in [1.82, 2.24) is 4.90 Å². The molecule has 18 heavy (non-hydrogen) atoms. The lowest BCUT2D eigenvalue weighted by Crippen LogP contribution is -2.48. The second-order valence-electron chi connectivity index (χ2n) is 4.94. The maximum Gasteiger partial charge on any atom is 0.254 e. The molecule has 2 N–H and O–H groups in total. The van der Waals surface area contributed by atoms with Crippen LogP contribution in [0, 0.1) is 0 Å². The minimum absolute atomic E-state index is 0.156. The topological polar surface area (TPSA) is 46.3 Å². The Balaban J connectivity index is 2.15. The van der Waals surface area contributed by atoms with Crippen molar-refractivity contribution < 1.29 is 4.79 Å². The number of carbonyl (C=O) groups is 1. The van der Waals surface area contributed by atoms with Gasteiger partial charge in [0.2, 0.25) is 0 Å². The highest BCUT2D eigenvalue weighted by atomic mass is 16.2. The molecule has 0 spiro atoms. The van der Waals surface area contributed by atoms with Gasteiger partial charge in [-0.25, -0.2) is 0 Å². The number of benzene rings is 1. The fourth-order valence-corrected chi connectivity index (χ4v) is 2.63. The van der Waals surface area contributed by atoms with Crippen molar-refractivity contribution in [3.05, 3.63) is 35.4 Å². The number of hydrogen-bond donors (Lipinski definition) is 1. The molecule has 98 valence electrons. The lowest BCUT2D eigenvalue weighted by atomic mass is 9.96. The van der Waals surface area contributed by atoms with Crippen molar-refractivity contribution in [1.29, 1.82) is 0 Å². The molecule has 0 aromatic heterocycles. The van der Waals surface area contributed by atoms with E-state index in [9.17, 15) is 4.79 Å². The SMILES string of the molecule is CCCCC(CN)N1CCc2ccccc2C1=O. The Bertz CT molecular complexity index is 417. The summed E-state index contributed by atoms with van der Waals surface area (Å²) in [6.07, 6.45) is 4.24. The van der Waals surface area contributed by atoms with Crippen LogP contribution in [0.1, 0.15) is 42.1 Å². The van der Waals surface area contributed by atoms with Crippen LogP contribution in [0.25, 0.3) is 0 Å². The van der Waals surface area contributed by atoms with Gasteiger partial charge in [-0.15, -0.1) is 0 Å². The number of carbonyl (C=O) groups excluding carboxylic acids is 1. The van der Waals surface area contributed by atoms with Gasteiger partial charge in [0, 0.05) is 24.7 Å². The van der Waals surface area contributed by atoms with Crippen molar-refractivity contribution in [3.8, 4) is 0 Å². The minimum Gasteiger partial charge on any atom is -0.334 e. The zero-order valence-electron chi connectivity index (χ0n) is 11.1. The van der Waals surface area contributed by atoms with E-state index in [1.165, 1.54) is 5.56 Å². The first-order valence-electron chi connectivity index (χ1n) is 6.86. The van der Waals surface area contributed by atoms with Crippen LogP contribution in [-0.2, 0) is 6.42 Å². The van der Waals surface area contributed by atoms with Crippen LogP contribution in [0.15, 0.2) is 24.3 Å². The van der Waals surface area contributed by atoms with Crippen LogP contribution in [0.3, 0.4) is 0 Å². The quantitative estimate of drug-likeness (QED) is 0.865. The molecular formula is C15H22N2O. The number of unbranched alkanes of at least 4 members (excludes halogenated alkanes) is 1. The first kappa shape index (κ1) is 13.1. The Morgan fingerprint density at radius 3 is 2.89 bits per heavy atom. The molecule has 0 radical (unpaired) electrons. The number of nitrogens with zero attached hydrogens (tertiary/aromatic N) is 1. The first-order chi connectivity index (χ1) is 8.77. The van der Waals surface area contributed by atoms with Gasteiger partial charge in [-0.05, 0) is 24.5 Å². The molecule has 1 unspecified atom stereocenters. The van der Waals surface area contributed by atoms with E-state index in [0.717, 1.165) is 37.8 Å². The molecule has 1 heterocycles. The van der Waals surface area contributed by atoms with Crippen molar-refractivity contribution >= 4 is 5.91 Å². The molecule has 3 nitrogen and oxygen atoms in total. The number of amides is 1. The summed E-state index contributed by atoms with van der Waals surface area (Å²) in [5.41, 5.74) is 7.86. The fourth-order valence-electron chi connectivity index (χ4n) is 2.63. The standard InChI is InChI=1S/C15H22N2O/c1-2-3-7-13(11-16)17-10-9-12-6-4-5-8-14(12)15(17)18/h4-6,8,13H,2-3,7,9-11,16H2,1H3. The van der Waals surface area contributed by atoms with E-state index in [0.29, 0.717) is 6.54 Å². The van der Waals surface area contributed by atoms with Gasteiger partial charge >= 0.3 is 0 Å². The summed E-state index contributed by atoms with van der Waals surface area (Å²) in [5.74, 6) is 0.156. The molecule has 0 bridgehead atoms. The molecule has 1 atom stereocenters. The molecule has 1 amide bonds. The summed E-state index contributed by atoms with van der Waals surface area (Å²) < 4.78 is 0. The van der Waals surface area contributed by atoms with Crippen LogP contribution >= 0.6 is 0 Å². The Morgan fingerprint density at radius 2 is 2.17 bits per heavy atom. The van der Waals surface area contributed by atoms with E-state index < -0.39 is 0 Å². The highest BCUT2D eigenvalue weighted by molar-refractivity contribution is 5.96. The van der Waals surface area contributed by atoms with Crippen molar-refractivity contribution in [3.63, 3.8) is 0 Å². The van der Waals surface area contributed by atoms with Gasteiger partial charge in [0.25, 0.3) is 5.91 Å². The third-order valence-electron chi connectivity index (χ3n) is 3.73. The third-order valence-corrected chi connectivity index (χ3v) is 3.73. The maximum atomic E-state index is 12.5. The smallest absolute Gasteiger partial charge is 0.254 e. The van der Waals surface area contributed by atoms with Gasteiger partial charge in [-0.2, -0.15) is 0 Å². The van der Waals surface area contributed by atoms with Gasteiger partial charge in [-0.1, -0.05) is 38.0 Å². The molecule has 0 aliphatic carbocycles. The van der Waals surface area contributed by atoms with Gasteiger partial charge in [0.05, 0.1) is 0 Å². The second kappa shape index (κ2) is 6.01. The van der Waals surface area contributed by atoms with E-state index in [2.05, 4.69) is 6.92 Å². The molecular weight excluding hydrogens is 224 g/mol. The van der Waals surface area contributed by atoms with E-state index >= 15 is 0 Å². The molecule has 1 aliphatic rings. The Morgan fingerprint density at radius 1 is 1.39 bits per heavy atom. The highest BCUT2D eigenvalue weighted by Gasteiger charge is 2.28. The van der Waals surface area contributed by atoms with E-state index in [1.54, 1.807) is 0 Å². The zero-order valence-corrected chi connectivity index (χ0v) is 11.1. The Kier molecular flexibility index (Phi) is 4.37. The average molecular weight is 246 g/mol. The third kappa shape index (κ3) is 2.56. The molecule has 0 saturated carbocycles. The lowest BCUT2D eigenvalue weighted by molar-refractivity contribution is 0.0654. The molecule has 0 fully saturated rings. The number of hydrogen-bond acceptors (Lipinski definition) is 2. The fraction of sp³-hybridized carbons (Fsp3) is 0.533. The van der Waals surface area contributed by atoms with Crippen molar-refractivity contribution in [2.45, 2.75) is 38.6 Å². The van der Waals surface area contributed by atoms with Crippen molar-refractivity contribution in [2.24, 2.45) is 5.73 Å². The summed E-state index contributed by atoms with van der Waals surface area (Å²) in [7, 11) is 0. The van der Waals surface area contributed by atoms with E-state index in [4.69, 9.17) is 5.73 Å². The van der Waals surface area contributed by atoms with E-state index in [1.807, 2.05) is 29.2 Å². The zero-order chi connectivity index (χ0) is 13.0. The molecule has 2 rings (SSSR count). The summed E-state index contributed by atoms with van der Waals surface area (Å²) in [5, 5.41) is 0. The lowest BCUT2D eigenvalue weighted by Gasteiger charge is -2.35. The highest BCUT2D eigenvalue weighted by Crippen LogP contribution is 2.21. The normalized spacial score (nSPS) is 16.6. The van der Waals surface area contributed by atoms with Crippen molar-refractivity contribution in [2.75, 3.05) is 13.1 Å². The Labute approximate surface area is 109 Å². The van der Waals surface area contributed by atoms with Crippen LogP contribution < -0.4 is 5.73 Å². The maximum absolute atomic E-state index is 12.5. The van der Waals surface area contributed by atoms with Crippen LogP contribution in [0.2, 0.25) is 0 Å². The Hall–Kier alpha value is -1.35. The van der Waals surface area contributed by atoms with Gasteiger partial charge < -0.3 is 10.6 Å². The molecule has 1 aliphatic heterocycles. The monoisotopic (exact) mass is 246 g/mol. The second-order valence-corrected chi connectivity index (χ2v) is 4.94. The van der Waals surface area contributed by atoms with E-state index in [-0.39, 0.29) is 11.9 Å². The minimum atomic E-state index is 0.156. The summed E-state index contributed by atoms with van der Waals surface area (Å²) >= 11 is 0. The number of fused-ring (bicyclic) bond motifs is 1. The average Bonchev–Trinajstić information content (AvgIpc) is 2.42. The predicted molar refractivity (Wildman–Crippen MR) is 73.5 cm³/mol. The molecule has 3 heteroatoms. The number of rotatable bonds is 5. The summed E-state index contributed by atoms with van der Waals surface area (Å²) in [4.78, 5) is 14.4.